The van der Waals surface area contributed by atoms with Crippen LogP contribution in [-0.4, -0.2) is 37.7 Å². The molecule has 0 unspecified atom stereocenters. The summed E-state index contributed by atoms with van der Waals surface area (Å²) in [5.74, 6) is 1.44. The summed E-state index contributed by atoms with van der Waals surface area (Å²) in [5.41, 5.74) is 2.16. The zero-order valence-corrected chi connectivity index (χ0v) is 17.0. The van der Waals surface area contributed by atoms with Gasteiger partial charge in [-0.05, 0) is 43.7 Å². The minimum absolute atomic E-state index is 0.321. The van der Waals surface area contributed by atoms with Gasteiger partial charge in [0.15, 0.2) is 5.96 Å². The van der Waals surface area contributed by atoms with E-state index in [0.29, 0.717) is 17.9 Å². The topological polar surface area (TPSA) is 71.7 Å². The molecule has 0 amide bonds. The molecular formula is C22H32N4O2. The molecule has 0 spiro atoms. The number of aliphatic imine (C=N–C) groups is 1. The SMILES string of the molecule is CCOCCC1(CNC(=NC)NCc2coc(-c3ccccc3)n2)CCCC1. The largest absolute Gasteiger partial charge is 0.444 e. The summed E-state index contributed by atoms with van der Waals surface area (Å²) >= 11 is 0. The van der Waals surface area contributed by atoms with Crippen LogP contribution in [0.3, 0.4) is 0 Å². The number of ether oxygens (including phenoxy) is 1. The standard InChI is InChI=1S/C22H32N4O2/c1-3-27-14-13-22(11-7-8-12-22)17-25-21(23-2)24-15-19-16-28-20(26-19)18-9-5-4-6-10-18/h4-6,9-10,16H,3,7-8,11-15,17H2,1-2H3,(H2,23,24,25). The molecular weight excluding hydrogens is 352 g/mol. The van der Waals surface area contributed by atoms with Crippen molar-refractivity contribution in [2.45, 2.75) is 45.6 Å². The molecule has 0 saturated heterocycles. The highest BCUT2D eigenvalue weighted by atomic mass is 16.5. The molecule has 0 radical (unpaired) electrons. The average Bonchev–Trinajstić information content (AvgIpc) is 3.39. The minimum atomic E-state index is 0.321. The van der Waals surface area contributed by atoms with Gasteiger partial charge >= 0.3 is 0 Å². The Balaban J connectivity index is 1.50. The molecule has 0 atom stereocenters. The predicted molar refractivity (Wildman–Crippen MR) is 112 cm³/mol. The van der Waals surface area contributed by atoms with Gasteiger partial charge in [0, 0.05) is 32.4 Å². The Labute approximate surface area is 167 Å². The fourth-order valence-corrected chi connectivity index (χ4v) is 3.84. The average molecular weight is 385 g/mol. The molecule has 3 rings (SSSR count). The van der Waals surface area contributed by atoms with Crippen LogP contribution in [0.1, 0.15) is 44.7 Å². The van der Waals surface area contributed by atoms with Crippen LogP contribution in [0.2, 0.25) is 0 Å². The highest BCUT2D eigenvalue weighted by Gasteiger charge is 2.33. The molecule has 6 heteroatoms. The van der Waals surface area contributed by atoms with Crippen LogP contribution in [0.4, 0.5) is 0 Å². The van der Waals surface area contributed by atoms with E-state index in [2.05, 4.69) is 27.5 Å². The van der Waals surface area contributed by atoms with Gasteiger partial charge in [0.1, 0.15) is 6.26 Å². The molecule has 1 aromatic carbocycles. The Bertz CT molecular complexity index is 736. The van der Waals surface area contributed by atoms with Crippen molar-refractivity contribution in [3.8, 4) is 11.5 Å². The lowest BCUT2D eigenvalue weighted by molar-refractivity contribution is 0.105. The summed E-state index contributed by atoms with van der Waals surface area (Å²) < 4.78 is 11.2. The van der Waals surface area contributed by atoms with E-state index >= 15 is 0 Å². The summed E-state index contributed by atoms with van der Waals surface area (Å²) in [5, 5.41) is 6.86. The van der Waals surface area contributed by atoms with Gasteiger partial charge in [-0.2, -0.15) is 0 Å². The van der Waals surface area contributed by atoms with Crippen LogP contribution in [0.25, 0.3) is 11.5 Å². The number of aromatic nitrogens is 1. The summed E-state index contributed by atoms with van der Waals surface area (Å²) in [6.07, 6.45) is 7.93. The van der Waals surface area contributed by atoms with Crippen LogP contribution in [0.5, 0.6) is 0 Å². The lowest BCUT2D eigenvalue weighted by atomic mass is 9.83. The molecule has 1 aromatic heterocycles. The molecule has 2 N–H and O–H groups in total. The second-order valence-corrected chi connectivity index (χ2v) is 7.44. The number of hydrogen-bond donors (Lipinski definition) is 2. The third-order valence-corrected chi connectivity index (χ3v) is 5.51. The summed E-state index contributed by atoms with van der Waals surface area (Å²) in [6, 6.07) is 9.93. The predicted octanol–water partition coefficient (Wildman–Crippen LogP) is 3.99. The van der Waals surface area contributed by atoms with Gasteiger partial charge in [-0.3, -0.25) is 4.99 Å². The molecule has 1 aliphatic carbocycles. The molecule has 1 aliphatic rings. The zero-order chi connectivity index (χ0) is 19.7. The Hall–Kier alpha value is -2.34. The van der Waals surface area contributed by atoms with Crippen molar-refractivity contribution in [2.75, 3.05) is 26.8 Å². The maximum Gasteiger partial charge on any atom is 0.226 e. The smallest absolute Gasteiger partial charge is 0.226 e. The molecule has 1 fully saturated rings. The van der Waals surface area contributed by atoms with Gasteiger partial charge < -0.3 is 19.8 Å². The number of rotatable bonds is 9. The fraction of sp³-hybridized carbons (Fsp3) is 0.545. The van der Waals surface area contributed by atoms with Gasteiger partial charge in [0.2, 0.25) is 5.89 Å². The third kappa shape index (κ3) is 5.58. The molecule has 6 nitrogen and oxygen atoms in total. The number of benzene rings is 1. The molecule has 0 bridgehead atoms. The molecule has 152 valence electrons. The van der Waals surface area contributed by atoms with E-state index in [1.165, 1.54) is 25.7 Å². The number of nitrogens with one attached hydrogen (secondary N) is 2. The van der Waals surface area contributed by atoms with E-state index < -0.39 is 0 Å². The Morgan fingerprint density at radius 1 is 1.21 bits per heavy atom. The number of hydrogen-bond acceptors (Lipinski definition) is 4. The van der Waals surface area contributed by atoms with Crippen LogP contribution in [0, 0.1) is 5.41 Å². The van der Waals surface area contributed by atoms with Crippen LogP contribution in [0.15, 0.2) is 46.0 Å². The number of oxazole rings is 1. The van der Waals surface area contributed by atoms with Gasteiger partial charge in [-0.15, -0.1) is 0 Å². The lowest BCUT2D eigenvalue weighted by Crippen LogP contribution is -2.43. The van der Waals surface area contributed by atoms with E-state index in [9.17, 15) is 0 Å². The summed E-state index contributed by atoms with van der Waals surface area (Å²) in [4.78, 5) is 8.92. The van der Waals surface area contributed by atoms with E-state index in [1.54, 1.807) is 13.3 Å². The third-order valence-electron chi connectivity index (χ3n) is 5.51. The molecule has 1 saturated carbocycles. The van der Waals surface area contributed by atoms with E-state index in [0.717, 1.165) is 43.4 Å². The van der Waals surface area contributed by atoms with Gasteiger partial charge in [-0.1, -0.05) is 31.0 Å². The Morgan fingerprint density at radius 2 is 2.00 bits per heavy atom. The Kier molecular flexibility index (Phi) is 7.48. The first-order valence-electron chi connectivity index (χ1n) is 10.3. The quantitative estimate of drug-likeness (QED) is 0.388. The van der Waals surface area contributed by atoms with Crippen molar-refractivity contribution in [2.24, 2.45) is 10.4 Å². The maximum atomic E-state index is 5.61. The molecule has 0 aliphatic heterocycles. The van der Waals surface area contributed by atoms with Crippen molar-refractivity contribution in [1.29, 1.82) is 0 Å². The highest BCUT2D eigenvalue weighted by Crippen LogP contribution is 2.40. The number of guanidine groups is 1. The van der Waals surface area contributed by atoms with E-state index in [4.69, 9.17) is 9.15 Å². The van der Waals surface area contributed by atoms with Crippen LogP contribution < -0.4 is 10.6 Å². The molecule has 28 heavy (non-hydrogen) atoms. The zero-order valence-electron chi connectivity index (χ0n) is 17.0. The van der Waals surface area contributed by atoms with Crippen LogP contribution >= 0.6 is 0 Å². The monoisotopic (exact) mass is 384 g/mol. The molecule has 2 aromatic rings. The highest BCUT2D eigenvalue weighted by molar-refractivity contribution is 5.79. The van der Waals surface area contributed by atoms with Gasteiger partial charge in [-0.25, -0.2) is 4.98 Å². The van der Waals surface area contributed by atoms with E-state index in [1.807, 2.05) is 30.3 Å². The lowest BCUT2D eigenvalue weighted by Gasteiger charge is -2.30. The second-order valence-electron chi connectivity index (χ2n) is 7.44. The first kappa shape index (κ1) is 20.4. The first-order valence-corrected chi connectivity index (χ1v) is 10.3. The Morgan fingerprint density at radius 3 is 2.71 bits per heavy atom. The van der Waals surface area contributed by atoms with Crippen molar-refractivity contribution in [3.63, 3.8) is 0 Å². The van der Waals surface area contributed by atoms with Crippen molar-refractivity contribution >= 4 is 5.96 Å². The summed E-state index contributed by atoms with van der Waals surface area (Å²) in [7, 11) is 1.80. The van der Waals surface area contributed by atoms with Crippen molar-refractivity contribution in [3.05, 3.63) is 42.3 Å². The molecule has 1 heterocycles. The number of nitrogens with zero attached hydrogens (tertiary/aromatic N) is 2. The minimum Gasteiger partial charge on any atom is -0.444 e. The maximum absolute atomic E-state index is 5.61. The fourth-order valence-electron chi connectivity index (χ4n) is 3.84. The second kappa shape index (κ2) is 10.3. The van der Waals surface area contributed by atoms with E-state index in [-0.39, 0.29) is 0 Å². The summed E-state index contributed by atoms with van der Waals surface area (Å²) in [6.45, 7) is 5.18. The first-order chi connectivity index (χ1) is 13.7. The van der Waals surface area contributed by atoms with Crippen molar-refractivity contribution < 1.29 is 9.15 Å². The van der Waals surface area contributed by atoms with Gasteiger partial charge in [0.25, 0.3) is 0 Å². The van der Waals surface area contributed by atoms with Crippen molar-refractivity contribution in [1.82, 2.24) is 15.6 Å². The normalized spacial score (nSPS) is 16.3. The van der Waals surface area contributed by atoms with Gasteiger partial charge in [0.05, 0.1) is 12.2 Å². The van der Waals surface area contributed by atoms with Crippen LogP contribution in [-0.2, 0) is 11.3 Å².